The van der Waals surface area contributed by atoms with E-state index in [0.717, 1.165) is 18.2 Å². The van der Waals surface area contributed by atoms with Gasteiger partial charge in [-0.15, -0.1) is 0 Å². The van der Waals surface area contributed by atoms with Crippen molar-refractivity contribution in [2.24, 2.45) is 0 Å². The predicted molar refractivity (Wildman–Crippen MR) is 79.4 cm³/mol. The Balaban J connectivity index is 1.66. The molecule has 2 aromatic heterocycles. The average molecular weight is 308 g/mol. The summed E-state index contributed by atoms with van der Waals surface area (Å²) in [4.78, 5) is 18.9. The fraction of sp³-hybridized carbons (Fsp3) is 0.385. The highest BCUT2D eigenvalue weighted by Gasteiger charge is 2.21. The lowest BCUT2D eigenvalue weighted by Crippen LogP contribution is -2.36. The molecule has 3 rings (SSSR count). The highest BCUT2D eigenvalue weighted by atomic mass is 32.1. The maximum atomic E-state index is 12.2. The number of carbonyl (C=O) groups is 1. The van der Waals surface area contributed by atoms with Crippen molar-refractivity contribution in [1.82, 2.24) is 10.3 Å². The summed E-state index contributed by atoms with van der Waals surface area (Å²) in [5.41, 5.74) is 5.86. The van der Waals surface area contributed by atoms with Gasteiger partial charge in [-0.2, -0.15) is 0 Å². The summed E-state index contributed by atoms with van der Waals surface area (Å²) < 4.78 is 10.5. The Morgan fingerprint density at radius 3 is 3.00 bits per heavy atom. The Morgan fingerprint density at radius 2 is 2.29 bits per heavy atom. The van der Waals surface area contributed by atoms with Crippen LogP contribution in [-0.2, 0) is 11.3 Å². The third-order valence-electron chi connectivity index (χ3n) is 3.13. The van der Waals surface area contributed by atoms with E-state index in [1.807, 2.05) is 0 Å². The molecule has 0 aromatic carbocycles. The molecule has 2 aromatic rings. The van der Waals surface area contributed by atoms with Crippen LogP contribution in [0.15, 0.2) is 22.8 Å². The number of nitrogens with zero attached hydrogens (tertiary/aromatic N) is 2. The molecule has 0 atom stereocenters. The molecule has 1 aliphatic rings. The van der Waals surface area contributed by atoms with Crippen LogP contribution in [0.2, 0.25) is 0 Å². The summed E-state index contributed by atoms with van der Waals surface area (Å²) in [5.74, 6) is 0.721. The fourth-order valence-corrected chi connectivity index (χ4v) is 2.99. The highest BCUT2D eigenvalue weighted by Crippen LogP contribution is 2.28. The molecule has 1 aliphatic heterocycles. The summed E-state index contributed by atoms with van der Waals surface area (Å²) in [7, 11) is 0. The van der Waals surface area contributed by atoms with Crippen LogP contribution < -0.4 is 16.0 Å². The molecule has 1 saturated heterocycles. The molecule has 3 N–H and O–H groups in total. The molecule has 8 heteroatoms. The quantitative estimate of drug-likeness (QED) is 0.878. The largest absolute Gasteiger partial charge is 0.467 e. The first-order chi connectivity index (χ1) is 10.2. The number of carbonyl (C=O) groups excluding carboxylic acids is 1. The van der Waals surface area contributed by atoms with Crippen LogP contribution in [0.5, 0.6) is 0 Å². The van der Waals surface area contributed by atoms with Crippen molar-refractivity contribution < 1.29 is 13.9 Å². The molecule has 0 saturated carbocycles. The van der Waals surface area contributed by atoms with Gasteiger partial charge in [-0.1, -0.05) is 11.3 Å². The van der Waals surface area contributed by atoms with Crippen LogP contribution in [0.25, 0.3) is 0 Å². The normalized spacial score (nSPS) is 15.1. The van der Waals surface area contributed by atoms with E-state index in [9.17, 15) is 4.79 Å². The summed E-state index contributed by atoms with van der Waals surface area (Å²) in [6.07, 6.45) is 1.57. The third kappa shape index (κ3) is 3.17. The van der Waals surface area contributed by atoms with Crippen molar-refractivity contribution in [2.75, 3.05) is 36.9 Å². The summed E-state index contributed by atoms with van der Waals surface area (Å²) in [6.45, 7) is 3.19. The number of hydrogen-bond acceptors (Lipinski definition) is 7. The number of furan rings is 1. The molecule has 7 nitrogen and oxygen atoms in total. The van der Waals surface area contributed by atoms with Crippen molar-refractivity contribution in [2.45, 2.75) is 6.54 Å². The van der Waals surface area contributed by atoms with Gasteiger partial charge in [0, 0.05) is 13.1 Å². The van der Waals surface area contributed by atoms with Gasteiger partial charge < -0.3 is 25.1 Å². The van der Waals surface area contributed by atoms with Gasteiger partial charge in [0.05, 0.1) is 26.0 Å². The first-order valence-corrected chi connectivity index (χ1v) is 7.45. The van der Waals surface area contributed by atoms with E-state index in [0.29, 0.717) is 30.4 Å². The molecule has 0 aliphatic carbocycles. The van der Waals surface area contributed by atoms with Gasteiger partial charge >= 0.3 is 0 Å². The predicted octanol–water partition coefficient (Wildman–Crippen LogP) is 1.08. The Morgan fingerprint density at radius 1 is 1.48 bits per heavy atom. The van der Waals surface area contributed by atoms with E-state index in [1.54, 1.807) is 18.4 Å². The van der Waals surface area contributed by atoms with E-state index in [2.05, 4.69) is 15.2 Å². The molecule has 112 valence electrons. The van der Waals surface area contributed by atoms with E-state index in [1.165, 1.54) is 11.3 Å². The number of morpholine rings is 1. The van der Waals surface area contributed by atoms with E-state index >= 15 is 0 Å². The Hall–Kier alpha value is -2.06. The van der Waals surface area contributed by atoms with E-state index in [-0.39, 0.29) is 11.7 Å². The highest BCUT2D eigenvalue weighted by molar-refractivity contribution is 7.18. The van der Waals surface area contributed by atoms with Gasteiger partial charge in [-0.05, 0) is 12.1 Å². The number of hydrogen-bond donors (Lipinski definition) is 2. The number of amides is 1. The van der Waals surface area contributed by atoms with Crippen LogP contribution in [0, 0.1) is 0 Å². The zero-order chi connectivity index (χ0) is 14.7. The maximum absolute atomic E-state index is 12.2. The van der Waals surface area contributed by atoms with Crippen molar-refractivity contribution in [3.63, 3.8) is 0 Å². The molecular weight excluding hydrogens is 292 g/mol. The molecule has 1 fully saturated rings. The van der Waals surface area contributed by atoms with Crippen LogP contribution >= 0.6 is 11.3 Å². The van der Waals surface area contributed by atoms with Gasteiger partial charge in [-0.25, -0.2) is 4.98 Å². The van der Waals surface area contributed by atoms with Gasteiger partial charge in [-0.3, -0.25) is 4.79 Å². The zero-order valence-corrected chi connectivity index (χ0v) is 12.2. The van der Waals surface area contributed by atoms with Crippen molar-refractivity contribution >= 4 is 28.2 Å². The van der Waals surface area contributed by atoms with Crippen molar-refractivity contribution in [3.8, 4) is 0 Å². The number of nitrogen functional groups attached to an aromatic ring is 1. The minimum Gasteiger partial charge on any atom is -0.467 e. The molecule has 0 spiro atoms. The monoisotopic (exact) mass is 308 g/mol. The second kappa shape index (κ2) is 6.15. The van der Waals surface area contributed by atoms with Crippen molar-refractivity contribution in [3.05, 3.63) is 29.0 Å². The number of ether oxygens (including phenoxy) is 1. The lowest BCUT2D eigenvalue weighted by Gasteiger charge is -2.25. The molecule has 0 bridgehead atoms. The van der Waals surface area contributed by atoms with Gasteiger partial charge in [0.1, 0.15) is 16.5 Å². The maximum Gasteiger partial charge on any atom is 0.265 e. The smallest absolute Gasteiger partial charge is 0.265 e. The third-order valence-corrected chi connectivity index (χ3v) is 4.26. The first kappa shape index (κ1) is 13.9. The van der Waals surface area contributed by atoms with Crippen molar-refractivity contribution in [1.29, 1.82) is 0 Å². The minimum absolute atomic E-state index is 0.235. The SMILES string of the molecule is Nc1nc(N2CCOCC2)sc1C(=O)NCc1ccco1. The van der Waals surface area contributed by atoms with Crippen LogP contribution in [-0.4, -0.2) is 37.2 Å². The molecule has 0 unspecified atom stereocenters. The van der Waals surface area contributed by atoms with Gasteiger partial charge in [0.25, 0.3) is 5.91 Å². The Bertz CT molecular complexity index is 605. The Kier molecular flexibility index (Phi) is 4.07. The van der Waals surface area contributed by atoms with Gasteiger partial charge in [0.15, 0.2) is 5.13 Å². The number of thiazole rings is 1. The molecule has 3 heterocycles. The molecule has 0 radical (unpaired) electrons. The summed E-state index contributed by atoms with van der Waals surface area (Å²) in [6, 6.07) is 3.58. The average Bonchev–Trinajstić information content (AvgIpc) is 3.15. The standard InChI is InChI=1S/C13H16N4O3S/c14-11-10(12(18)15-8-9-2-1-5-20-9)21-13(16-11)17-3-6-19-7-4-17/h1-2,5H,3-4,6-8,14H2,(H,15,18). The van der Waals surface area contributed by atoms with E-state index in [4.69, 9.17) is 14.9 Å². The summed E-state index contributed by atoms with van der Waals surface area (Å²) in [5, 5.41) is 3.54. The summed E-state index contributed by atoms with van der Waals surface area (Å²) >= 11 is 1.30. The lowest BCUT2D eigenvalue weighted by atomic mass is 10.4. The zero-order valence-electron chi connectivity index (χ0n) is 11.4. The molecular formula is C13H16N4O3S. The second-order valence-corrected chi connectivity index (χ2v) is 5.55. The van der Waals surface area contributed by atoms with Crippen LogP contribution in [0.1, 0.15) is 15.4 Å². The number of rotatable bonds is 4. The first-order valence-electron chi connectivity index (χ1n) is 6.63. The Labute approximate surface area is 125 Å². The van der Waals surface area contributed by atoms with Gasteiger partial charge in [0.2, 0.25) is 0 Å². The number of nitrogens with one attached hydrogen (secondary N) is 1. The van der Waals surface area contributed by atoms with E-state index < -0.39 is 0 Å². The second-order valence-electron chi connectivity index (χ2n) is 4.57. The number of aromatic nitrogens is 1. The number of nitrogens with two attached hydrogens (primary N) is 1. The minimum atomic E-state index is -0.235. The molecule has 21 heavy (non-hydrogen) atoms. The number of anilines is 2. The fourth-order valence-electron chi connectivity index (χ4n) is 2.03. The topological polar surface area (TPSA) is 93.6 Å². The lowest BCUT2D eigenvalue weighted by molar-refractivity contribution is 0.0952. The van der Waals surface area contributed by atoms with Crippen LogP contribution in [0.3, 0.4) is 0 Å². The van der Waals surface area contributed by atoms with Crippen LogP contribution in [0.4, 0.5) is 10.9 Å². The molecule has 1 amide bonds.